The third kappa shape index (κ3) is 2.99. The van der Waals surface area contributed by atoms with Gasteiger partial charge in [-0.3, -0.25) is 9.48 Å². The maximum atomic E-state index is 12.5. The minimum Gasteiger partial charge on any atom is -0.378 e. The molecule has 3 rings (SSSR count). The quantitative estimate of drug-likeness (QED) is 0.871. The van der Waals surface area contributed by atoms with E-state index in [-0.39, 0.29) is 11.3 Å². The number of amides is 1. The molecule has 2 fully saturated rings. The van der Waals surface area contributed by atoms with Gasteiger partial charge in [-0.1, -0.05) is 12.8 Å². The third-order valence-corrected chi connectivity index (χ3v) is 6.28. The molecule has 1 N–H and O–H groups in total. The second-order valence-corrected chi connectivity index (χ2v) is 7.51. The van der Waals surface area contributed by atoms with Crippen LogP contribution in [0, 0.1) is 19.3 Å². The molecule has 5 nitrogen and oxygen atoms in total. The minimum atomic E-state index is 0.170. The second kappa shape index (κ2) is 6.87. The first kappa shape index (κ1) is 17.5. The number of carbonyl (C=O) groups excluding carboxylic acids is 1. The zero-order valence-electron chi connectivity index (χ0n) is 15.5. The second-order valence-electron chi connectivity index (χ2n) is 7.51. The molecule has 24 heavy (non-hydrogen) atoms. The fraction of sp³-hybridized carbons (Fsp3) is 0.789. The number of carbonyl (C=O) groups is 1. The summed E-state index contributed by atoms with van der Waals surface area (Å²) in [4.78, 5) is 12.5. The molecule has 0 saturated heterocycles. The van der Waals surface area contributed by atoms with E-state index < -0.39 is 0 Å². The van der Waals surface area contributed by atoms with Crippen molar-refractivity contribution in [2.75, 3.05) is 6.61 Å². The fourth-order valence-corrected chi connectivity index (χ4v) is 4.77. The summed E-state index contributed by atoms with van der Waals surface area (Å²) in [5, 5.41) is 7.74. The lowest BCUT2D eigenvalue weighted by molar-refractivity contribution is -0.144. The molecule has 2 saturated carbocycles. The number of hydrogen-bond donors (Lipinski definition) is 1. The lowest BCUT2D eigenvalue weighted by Gasteiger charge is -2.54. The molecule has 1 aromatic heterocycles. The van der Waals surface area contributed by atoms with Gasteiger partial charge in [0.1, 0.15) is 0 Å². The highest BCUT2D eigenvalue weighted by Crippen LogP contribution is 2.54. The number of aromatic nitrogens is 2. The van der Waals surface area contributed by atoms with E-state index in [4.69, 9.17) is 4.74 Å². The molecular weight excluding hydrogens is 302 g/mol. The molecule has 2 atom stereocenters. The lowest BCUT2D eigenvalue weighted by Crippen LogP contribution is -2.63. The summed E-state index contributed by atoms with van der Waals surface area (Å²) < 4.78 is 7.83. The summed E-state index contributed by atoms with van der Waals surface area (Å²) >= 11 is 0. The van der Waals surface area contributed by atoms with Crippen LogP contribution >= 0.6 is 0 Å². The lowest BCUT2D eigenvalue weighted by atomic mass is 9.60. The van der Waals surface area contributed by atoms with Crippen molar-refractivity contribution in [2.24, 2.45) is 12.5 Å². The van der Waals surface area contributed by atoms with Crippen molar-refractivity contribution in [1.82, 2.24) is 15.1 Å². The largest absolute Gasteiger partial charge is 0.378 e. The zero-order chi connectivity index (χ0) is 17.3. The van der Waals surface area contributed by atoms with Gasteiger partial charge in [-0.15, -0.1) is 0 Å². The van der Waals surface area contributed by atoms with Crippen molar-refractivity contribution in [3.8, 4) is 0 Å². The van der Waals surface area contributed by atoms with E-state index in [9.17, 15) is 4.79 Å². The van der Waals surface area contributed by atoms with Crippen LogP contribution in [0.15, 0.2) is 0 Å². The average molecular weight is 333 g/mol. The molecule has 134 valence electrons. The SMILES string of the molecule is CCO[C@H]1C[C@@H](NC(=O)CCc2c(C)nn(C)c2C)C12CCCC2. The maximum absolute atomic E-state index is 12.5. The molecule has 1 spiro atoms. The Balaban J connectivity index is 1.55. The van der Waals surface area contributed by atoms with Crippen molar-refractivity contribution in [1.29, 1.82) is 0 Å². The predicted octanol–water partition coefficient (Wildman–Crippen LogP) is 2.82. The van der Waals surface area contributed by atoms with E-state index in [0.717, 1.165) is 30.8 Å². The Kier molecular flexibility index (Phi) is 5.00. The highest BCUT2D eigenvalue weighted by molar-refractivity contribution is 5.77. The van der Waals surface area contributed by atoms with Gasteiger partial charge in [0.15, 0.2) is 0 Å². The standard InChI is InChI=1S/C19H31N3O2/c1-5-24-17-12-16(19(17)10-6-7-11-19)20-18(23)9-8-15-13(2)21-22(4)14(15)3/h16-17H,5-12H2,1-4H3,(H,20,23)/t16-,17+/m1/s1. The number of ether oxygens (including phenoxy) is 1. The summed E-state index contributed by atoms with van der Waals surface area (Å²) in [6.45, 7) is 6.92. The topological polar surface area (TPSA) is 56.1 Å². The third-order valence-electron chi connectivity index (χ3n) is 6.28. The summed E-state index contributed by atoms with van der Waals surface area (Å²) in [7, 11) is 1.96. The molecule has 1 amide bonds. The Morgan fingerprint density at radius 1 is 1.38 bits per heavy atom. The number of nitrogens with zero attached hydrogens (tertiary/aromatic N) is 2. The molecule has 2 aliphatic rings. The van der Waals surface area contributed by atoms with Crippen LogP contribution in [0.1, 0.15) is 62.4 Å². The van der Waals surface area contributed by atoms with Crippen LogP contribution in [-0.4, -0.2) is 34.4 Å². The summed E-state index contributed by atoms with van der Waals surface area (Å²) in [5.41, 5.74) is 3.62. The van der Waals surface area contributed by atoms with Crippen molar-refractivity contribution in [3.05, 3.63) is 17.0 Å². The Morgan fingerprint density at radius 2 is 2.08 bits per heavy atom. The molecule has 2 aliphatic carbocycles. The Labute approximate surface area is 145 Å². The van der Waals surface area contributed by atoms with Crippen LogP contribution in [0.5, 0.6) is 0 Å². The van der Waals surface area contributed by atoms with Gasteiger partial charge in [-0.25, -0.2) is 0 Å². The zero-order valence-corrected chi connectivity index (χ0v) is 15.5. The molecular formula is C19H31N3O2. The van der Waals surface area contributed by atoms with Crippen LogP contribution in [-0.2, 0) is 23.0 Å². The molecule has 0 aliphatic heterocycles. The first-order valence-electron chi connectivity index (χ1n) is 9.38. The minimum absolute atomic E-state index is 0.170. The number of rotatable bonds is 6. The average Bonchev–Trinajstić information content (AvgIpc) is 3.14. The van der Waals surface area contributed by atoms with Gasteiger partial charge < -0.3 is 10.1 Å². The van der Waals surface area contributed by atoms with E-state index >= 15 is 0 Å². The molecule has 0 aromatic carbocycles. The summed E-state index contributed by atoms with van der Waals surface area (Å²) in [5.74, 6) is 0.170. The van der Waals surface area contributed by atoms with E-state index in [2.05, 4.69) is 24.3 Å². The van der Waals surface area contributed by atoms with Gasteiger partial charge in [0.2, 0.25) is 5.91 Å². The summed E-state index contributed by atoms with van der Waals surface area (Å²) in [6, 6.07) is 0.306. The highest BCUT2D eigenvalue weighted by Gasteiger charge is 2.57. The number of aryl methyl sites for hydroxylation is 2. The molecule has 0 radical (unpaired) electrons. The Bertz CT molecular complexity index is 602. The fourth-order valence-electron chi connectivity index (χ4n) is 4.77. The molecule has 0 bridgehead atoms. The highest BCUT2D eigenvalue weighted by atomic mass is 16.5. The first-order valence-corrected chi connectivity index (χ1v) is 9.38. The normalized spacial score (nSPS) is 25.0. The molecule has 1 aromatic rings. The van der Waals surface area contributed by atoms with Gasteiger partial charge in [0, 0.05) is 37.2 Å². The van der Waals surface area contributed by atoms with Crippen LogP contribution in [0.3, 0.4) is 0 Å². The van der Waals surface area contributed by atoms with Crippen molar-refractivity contribution in [3.63, 3.8) is 0 Å². The van der Waals surface area contributed by atoms with Gasteiger partial charge in [0.05, 0.1) is 11.8 Å². The van der Waals surface area contributed by atoms with Crippen molar-refractivity contribution < 1.29 is 9.53 Å². The molecule has 0 unspecified atom stereocenters. The van der Waals surface area contributed by atoms with E-state index in [1.165, 1.54) is 31.2 Å². The van der Waals surface area contributed by atoms with Gasteiger partial charge >= 0.3 is 0 Å². The maximum Gasteiger partial charge on any atom is 0.220 e. The van der Waals surface area contributed by atoms with Gasteiger partial charge in [-0.05, 0) is 52.0 Å². The van der Waals surface area contributed by atoms with Crippen molar-refractivity contribution in [2.45, 2.75) is 77.9 Å². The van der Waals surface area contributed by atoms with Crippen LogP contribution in [0.2, 0.25) is 0 Å². The Hall–Kier alpha value is -1.36. The molecule has 1 heterocycles. The van der Waals surface area contributed by atoms with Crippen LogP contribution in [0.4, 0.5) is 0 Å². The van der Waals surface area contributed by atoms with Crippen molar-refractivity contribution >= 4 is 5.91 Å². The van der Waals surface area contributed by atoms with E-state index in [1.807, 2.05) is 18.7 Å². The predicted molar refractivity (Wildman–Crippen MR) is 93.9 cm³/mol. The summed E-state index contributed by atoms with van der Waals surface area (Å²) in [6.07, 6.45) is 7.56. The van der Waals surface area contributed by atoms with Gasteiger partial charge in [-0.2, -0.15) is 5.10 Å². The number of nitrogens with one attached hydrogen (secondary N) is 1. The monoisotopic (exact) mass is 333 g/mol. The van der Waals surface area contributed by atoms with E-state index in [1.54, 1.807) is 0 Å². The Morgan fingerprint density at radius 3 is 2.67 bits per heavy atom. The first-order chi connectivity index (χ1) is 11.5. The smallest absolute Gasteiger partial charge is 0.220 e. The number of hydrogen-bond acceptors (Lipinski definition) is 3. The van der Waals surface area contributed by atoms with Crippen LogP contribution in [0.25, 0.3) is 0 Å². The van der Waals surface area contributed by atoms with Gasteiger partial charge in [0.25, 0.3) is 0 Å². The molecule has 5 heteroatoms. The van der Waals surface area contributed by atoms with Crippen LogP contribution < -0.4 is 5.32 Å². The van der Waals surface area contributed by atoms with E-state index in [0.29, 0.717) is 18.6 Å².